The van der Waals surface area contributed by atoms with Crippen LogP contribution in [0.15, 0.2) is 18.2 Å². The molecule has 0 aliphatic heterocycles. The molecule has 1 unspecified atom stereocenters. The van der Waals surface area contributed by atoms with Crippen molar-refractivity contribution in [3.05, 3.63) is 35.4 Å². The standard InChI is InChI=1S/C9H11F2NO/c1-9(12,5-13)6-3-2-4-7(10)8(6)11/h2-4,13H,5,12H2,1H3. The van der Waals surface area contributed by atoms with Crippen molar-refractivity contribution in [1.29, 1.82) is 0 Å². The second-order valence-corrected chi connectivity index (χ2v) is 3.18. The van der Waals surface area contributed by atoms with Crippen molar-refractivity contribution in [2.24, 2.45) is 5.73 Å². The van der Waals surface area contributed by atoms with Gasteiger partial charge in [-0.1, -0.05) is 12.1 Å². The quantitative estimate of drug-likeness (QED) is 0.729. The van der Waals surface area contributed by atoms with Crippen LogP contribution in [0.4, 0.5) is 8.78 Å². The molecule has 0 radical (unpaired) electrons. The van der Waals surface area contributed by atoms with E-state index in [1.54, 1.807) is 0 Å². The van der Waals surface area contributed by atoms with Crippen molar-refractivity contribution in [2.45, 2.75) is 12.5 Å². The lowest BCUT2D eigenvalue weighted by Gasteiger charge is -2.22. The van der Waals surface area contributed by atoms with E-state index in [1.807, 2.05) is 0 Å². The van der Waals surface area contributed by atoms with Crippen molar-refractivity contribution in [1.82, 2.24) is 0 Å². The van der Waals surface area contributed by atoms with Crippen LogP contribution < -0.4 is 5.73 Å². The Labute approximate surface area is 75.0 Å². The van der Waals surface area contributed by atoms with Crippen LogP contribution in [0.25, 0.3) is 0 Å². The van der Waals surface area contributed by atoms with Crippen molar-refractivity contribution in [3.63, 3.8) is 0 Å². The molecule has 1 aromatic rings. The maximum atomic E-state index is 13.1. The summed E-state index contributed by atoms with van der Waals surface area (Å²) in [7, 11) is 0. The van der Waals surface area contributed by atoms with Gasteiger partial charge in [-0.3, -0.25) is 0 Å². The van der Waals surface area contributed by atoms with Gasteiger partial charge in [0.05, 0.1) is 12.1 Å². The van der Waals surface area contributed by atoms with E-state index < -0.39 is 23.8 Å². The van der Waals surface area contributed by atoms with E-state index in [0.29, 0.717) is 0 Å². The highest BCUT2D eigenvalue weighted by molar-refractivity contribution is 5.26. The first-order valence-electron chi connectivity index (χ1n) is 3.83. The fourth-order valence-electron chi connectivity index (χ4n) is 1.03. The number of hydrogen-bond acceptors (Lipinski definition) is 2. The number of aliphatic hydroxyl groups is 1. The lowest BCUT2D eigenvalue weighted by molar-refractivity contribution is 0.205. The van der Waals surface area contributed by atoms with Crippen molar-refractivity contribution in [3.8, 4) is 0 Å². The highest BCUT2D eigenvalue weighted by Gasteiger charge is 2.25. The van der Waals surface area contributed by atoms with Crippen LogP contribution in [0, 0.1) is 11.6 Å². The highest BCUT2D eigenvalue weighted by Crippen LogP contribution is 2.21. The second kappa shape index (κ2) is 3.40. The zero-order valence-corrected chi connectivity index (χ0v) is 7.22. The normalized spacial score (nSPS) is 15.5. The van der Waals surface area contributed by atoms with E-state index in [1.165, 1.54) is 19.1 Å². The van der Waals surface area contributed by atoms with Crippen LogP contribution in [-0.4, -0.2) is 11.7 Å². The molecular weight excluding hydrogens is 176 g/mol. The van der Waals surface area contributed by atoms with E-state index in [0.717, 1.165) is 6.07 Å². The Kier molecular flexibility index (Phi) is 2.63. The van der Waals surface area contributed by atoms with Gasteiger partial charge in [0.25, 0.3) is 0 Å². The third-order valence-electron chi connectivity index (χ3n) is 1.90. The minimum Gasteiger partial charge on any atom is -0.394 e. The van der Waals surface area contributed by atoms with E-state index in [4.69, 9.17) is 10.8 Å². The van der Waals surface area contributed by atoms with Gasteiger partial charge < -0.3 is 10.8 Å². The molecule has 1 aromatic carbocycles. The maximum absolute atomic E-state index is 13.1. The molecule has 0 heterocycles. The zero-order valence-electron chi connectivity index (χ0n) is 7.22. The first-order valence-corrected chi connectivity index (χ1v) is 3.83. The molecular formula is C9H11F2NO. The molecule has 0 saturated carbocycles. The number of nitrogens with two attached hydrogens (primary N) is 1. The molecule has 0 aliphatic carbocycles. The molecule has 13 heavy (non-hydrogen) atoms. The van der Waals surface area contributed by atoms with E-state index >= 15 is 0 Å². The third-order valence-corrected chi connectivity index (χ3v) is 1.90. The van der Waals surface area contributed by atoms with Crippen molar-refractivity contribution < 1.29 is 13.9 Å². The molecule has 1 atom stereocenters. The van der Waals surface area contributed by atoms with Gasteiger partial charge in [0.15, 0.2) is 11.6 Å². The summed E-state index contributed by atoms with van der Waals surface area (Å²) < 4.78 is 25.9. The Bertz CT molecular complexity index is 312. The first-order chi connectivity index (χ1) is 5.99. The van der Waals surface area contributed by atoms with E-state index in [9.17, 15) is 8.78 Å². The smallest absolute Gasteiger partial charge is 0.163 e. The predicted molar refractivity (Wildman–Crippen MR) is 45.0 cm³/mol. The number of rotatable bonds is 2. The summed E-state index contributed by atoms with van der Waals surface area (Å²) in [6.07, 6.45) is 0. The maximum Gasteiger partial charge on any atom is 0.163 e. The molecule has 0 aromatic heterocycles. The van der Waals surface area contributed by atoms with Crippen LogP contribution in [0.5, 0.6) is 0 Å². The molecule has 2 nitrogen and oxygen atoms in total. The van der Waals surface area contributed by atoms with Crippen LogP contribution in [0.1, 0.15) is 12.5 Å². The molecule has 0 amide bonds. The van der Waals surface area contributed by atoms with Crippen LogP contribution >= 0.6 is 0 Å². The SMILES string of the molecule is CC(N)(CO)c1cccc(F)c1F. The fourth-order valence-corrected chi connectivity index (χ4v) is 1.03. The van der Waals surface area contributed by atoms with Gasteiger partial charge in [-0.05, 0) is 13.0 Å². The van der Waals surface area contributed by atoms with E-state index in [2.05, 4.69) is 0 Å². The summed E-state index contributed by atoms with van der Waals surface area (Å²) in [4.78, 5) is 0. The zero-order chi connectivity index (χ0) is 10.1. The molecule has 1 rings (SSSR count). The van der Waals surface area contributed by atoms with Gasteiger partial charge in [0.2, 0.25) is 0 Å². The summed E-state index contributed by atoms with van der Waals surface area (Å²) in [5.74, 6) is -1.95. The Morgan fingerprint density at radius 2 is 2.08 bits per heavy atom. The molecule has 0 aliphatic rings. The topological polar surface area (TPSA) is 46.2 Å². The Balaban J connectivity index is 3.22. The Morgan fingerprint density at radius 3 is 2.62 bits per heavy atom. The molecule has 0 fully saturated rings. The summed E-state index contributed by atoms with van der Waals surface area (Å²) in [5.41, 5.74) is 4.29. The van der Waals surface area contributed by atoms with Crippen LogP contribution in [0.2, 0.25) is 0 Å². The lowest BCUT2D eigenvalue weighted by atomic mass is 9.94. The average Bonchev–Trinajstić information content (AvgIpc) is 2.09. The van der Waals surface area contributed by atoms with Gasteiger partial charge in [-0.15, -0.1) is 0 Å². The van der Waals surface area contributed by atoms with Crippen molar-refractivity contribution >= 4 is 0 Å². The molecule has 0 spiro atoms. The number of hydrogen-bond donors (Lipinski definition) is 2. The minimum absolute atomic E-state index is 0.0185. The van der Waals surface area contributed by atoms with Crippen LogP contribution in [0.3, 0.4) is 0 Å². The summed E-state index contributed by atoms with van der Waals surface area (Å²) in [6.45, 7) is 0.998. The number of aliphatic hydroxyl groups excluding tert-OH is 1. The fraction of sp³-hybridized carbons (Fsp3) is 0.333. The summed E-state index contributed by atoms with van der Waals surface area (Å²) in [5, 5.41) is 8.85. The number of benzene rings is 1. The minimum atomic E-state index is -1.24. The lowest BCUT2D eigenvalue weighted by Crippen LogP contribution is -2.38. The second-order valence-electron chi connectivity index (χ2n) is 3.18. The first kappa shape index (κ1) is 10.1. The monoisotopic (exact) mass is 187 g/mol. The number of halogens is 2. The van der Waals surface area contributed by atoms with Gasteiger partial charge in [0.1, 0.15) is 0 Å². The molecule has 0 saturated heterocycles. The van der Waals surface area contributed by atoms with Gasteiger partial charge in [-0.2, -0.15) is 0 Å². The van der Waals surface area contributed by atoms with E-state index in [-0.39, 0.29) is 5.56 Å². The molecule has 0 bridgehead atoms. The predicted octanol–water partition coefficient (Wildman–Crippen LogP) is 1.13. The van der Waals surface area contributed by atoms with Gasteiger partial charge >= 0.3 is 0 Å². The highest BCUT2D eigenvalue weighted by atomic mass is 19.2. The molecule has 3 N–H and O–H groups in total. The van der Waals surface area contributed by atoms with Gasteiger partial charge in [-0.25, -0.2) is 8.78 Å². The third kappa shape index (κ3) is 1.84. The average molecular weight is 187 g/mol. The van der Waals surface area contributed by atoms with Crippen molar-refractivity contribution in [2.75, 3.05) is 6.61 Å². The molecule has 4 heteroatoms. The molecule has 72 valence electrons. The van der Waals surface area contributed by atoms with Gasteiger partial charge in [0, 0.05) is 5.56 Å². The van der Waals surface area contributed by atoms with Crippen LogP contribution in [-0.2, 0) is 5.54 Å². The largest absolute Gasteiger partial charge is 0.394 e. The summed E-state index contributed by atoms with van der Waals surface area (Å²) in [6, 6.07) is 3.72. The Morgan fingerprint density at radius 1 is 1.46 bits per heavy atom. The summed E-state index contributed by atoms with van der Waals surface area (Å²) >= 11 is 0. The Hall–Kier alpha value is -1.00.